The highest BCUT2D eigenvalue weighted by molar-refractivity contribution is 5.96. The number of fused-ring (bicyclic) bond motifs is 1. The van der Waals surface area contributed by atoms with Crippen molar-refractivity contribution in [3.63, 3.8) is 0 Å². The Kier molecular flexibility index (Phi) is 3.51. The highest BCUT2D eigenvalue weighted by atomic mass is 16.5. The van der Waals surface area contributed by atoms with Gasteiger partial charge in [0.05, 0.1) is 12.7 Å². The van der Waals surface area contributed by atoms with Gasteiger partial charge in [-0.1, -0.05) is 6.07 Å². The van der Waals surface area contributed by atoms with Crippen LogP contribution in [-0.2, 0) is 9.53 Å². The van der Waals surface area contributed by atoms with Crippen LogP contribution in [0.1, 0.15) is 22.8 Å². The molecule has 0 aliphatic rings. The summed E-state index contributed by atoms with van der Waals surface area (Å²) < 4.78 is 9.80. The van der Waals surface area contributed by atoms with Gasteiger partial charge in [0, 0.05) is 6.92 Å². The molecule has 0 radical (unpaired) electrons. The lowest BCUT2D eigenvalue weighted by Crippen LogP contribution is -2.03. The number of esters is 2. The molecule has 0 saturated heterocycles. The SMILES string of the molecule is COC(=O)c1ccc2cc(OC(C)=O)c(C)cc2c1. The van der Waals surface area contributed by atoms with Crippen molar-refractivity contribution >= 4 is 22.7 Å². The second-order valence-corrected chi connectivity index (χ2v) is 4.26. The lowest BCUT2D eigenvalue weighted by atomic mass is 10.0. The average Bonchev–Trinajstić information content (AvgIpc) is 2.37. The third-order valence-electron chi connectivity index (χ3n) is 2.81. The van der Waals surface area contributed by atoms with Crippen LogP contribution in [0.4, 0.5) is 0 Å². The van der Waals surface area contributed by atoms with Crippen LogP contribution in [0.2, 0.25) is 0 Å². The van der Waals surface area contributed by atoms with Gasteiger partial charge in [-0.25, -0.2) is 4.79 Å². The number of methoxy groups -OCH3 is 1. The second kappa shape index (κ2) is 5.10. The zero-order chi connectivity index (χ0) is 14.0. The Bertz CT molecular complexity index is 658. The zero-order valence-electron chi connectivity index (χ0n) is 11.0. The molecule has 0 aliphatic carbocycles. The van der Waals surface area contributed by atoms with Crippen molar-refractivity contribution in [2.24, 2.45) is 0 Å². The van der Waals surface area contributed by atoms with Gasteiger partial charge in [-0.2, -0.15) is 0 Å². The minimum Gasteiger partial charge on any atom is -0.465 e. The Labute approximate surface area is 110 Å². The first-order valence-corrected chi connectivity index (χ1v) is 5.82. The minimum atomic E-state index is -0.372. The third-order valence-corrected chi connectivity index (χ3v) is 2.81. The molecule has 2 rings (SSSR count). The molecule has 4 nitrogen and oxygen atoms in total. The molecule has 0 aliphatic heterocycles. The summed E-state index contributed by atoms with van der Waals surface area (Å²) in [5.41, 5.74) is 1.33. The van der Waals surface area contributed by atoms with E-state index in [2.05, 4.69) is 4.74 Å². The predicted octanol–water partition coefficient (Wildman–Crippen LogP) is 2.86. The largest absolute Gasteiger partial charge is 0.465 e. The van der Waals surface area contributed by atoms with Crippen LogP contribution in [0.5, 0.6) is 5.75 Å². The van der Waals surface area contributed by atoms with Gasteiger partial charge in [0.1, 0.15) is 5.75 Å². The van der Waals surface area contributed by atoms with Crippen molar-refractivity contribution in [2.75, 3.05) is 7.11 Å². The van der Waals surface area contributed by atoms with Gasteiger partial charge in [0.15, 0.2) is 0 Å². The van der Waals surface area contributed by atoms with E-state index >= 15 is 0 Å². The van der Waals surface area contributed by atoms with E-state index in [0.717, 1.165) is 16.3 Å². The lowest BCUT2D eigenvalue weighted by Gasteiger charge is -2.08. The van der Waals surface area contributed by atoms with Crippen LogP contribution in [0.15, 0.2) is 30.3 Å². The smallest absolute Gasteiger partial charge is 0.337 e. The number of aryl methyl sites for hydroxylation is 1. The molecule has 0 saturated carbocycles. The topological polar surface area (TPSA) is 52.6 Å². The van der Waals surface area contributed by atoms with E-state index in [9.17, 15) is 9.59 Å². The second-order valence-electron chi connectivity index (χ2n) is 4.26. The maximum atomic E-state index is 11.5. The summed E-state index contributed by atoms with van der Waals surface area (Å²) in [6.07, 6.45) is 0. The van der Waals surface area contributed by atoms with Crippen LogP contribution in [-0.4, -0.2) is 19.0 Å². The maximum Gasteiger partial charge on any atom is 0.337 e. The van der Waals surface area contributed by atoms with Crippen LogP contribution >= 0.6 is 0 Å². The predicted molar refractivity (Wildman–Crippen MR) is 71.3 cm³/mol. The van der Waals surface area contributed by atoms with Gasteiger partial charge in [-0.15, -0.1) is 0 Å². The van der Waals surface area contributed by atoms with Crippen molar-refractivity contribution in [1.29, 1.82) is 0 Å². The van der Waals surface area contributed by atoms with Crippen molar-refractivity contribution in [3.05, 3.63) is 41.5 Å². The zero-order valence-corrected chi connectivity index (χ0v) is 11.0. The van der Waals surface area contributed by atoms with Gasteiger partial charge < -0.3 is 9.47 Å². The fourth-order valence-electron chi connectivity index (χ4n) is 1.90. The Balaban J connectivity index is 2.51. The number of carbonyl (C=O) groups excluding carboxylic acids is 2. The Hall–Kier alpha value is -2.36. The van der Waals surface area contributed by atoms with Crippen LogP contribution in [0, 0.1) is 6.92 Å². The first-order valence-electron chi connectivity index (χ1n) is 5.82. The number of carbonyl (C=O) groups is 2. The molecule has 4 heteroatoms. The number of rotatable bonds is 2. The van der Waals surface area contributed by atoms with Crippen molar-refractivity contribution < 1.29 is 19.1 Å². The highest BCUT2D eigenvalue weighted by Gasteiger charge is 2.09. The van der Waals surface area contributed by atoms with Crippen LogP contribution in [0.25, 0.3) is 10.8 Å². The molecule has 19 heavy (non-hydrogen) atoms. The first kappa shape index (κ1) is 13.1. The van der Waals surface area contributed by atoms with E-state index in [4.69, 9.17) is 4.74 Å². The minimum absolute atomic E-state index is 0.353. The molecule has 0 unspecified atom stereocenters. The van der Waals surface area contributed by atoms with E-state index in [1.807, 2.05) is 13.0 Å². The molecule has 0 aromatic heterocycles. The van der Waals surface area contributed by atoms with Crippen LogP contribution in [0.3, 0.4) is 0 Å². The van der Waals surface area contributed by atoms with E-state index in [1.165, 1.54) is 14.0 Å². The standard InChI is InChI=1S/C15H14O4/c1-9-6-13-7-12(15(17)18-3)5-4-11(13)8-14(9)19-10(2)16/h4-8H,1-3H3. The fraction of sp³-hybridized carbons (Fsp3) is 0.200. The molecule has 0 amide bonds. The van der Waals surface area contributed by atoms with Gasteiger partial charge in [-0.05, 0) is 47.5 Å². The Morgan fingerprint density at radius 2 is 1.79 bits per heavy atom. The van der Waals surface area contributed by atoms with Crippen molar-refractivity contribution in [2.45, 2.75) is 13.8 Å². The van der Waals surface area contributed by atoms with E-state index in [0.29, 0.717) is 11.3 Å². The molecule has 0 atom stereocenters. The normalized spacial score (nSPS) is 10.3. The molecular formula is C15H14O4. The molecule has 2 aromatic carbocycles. The molecule has 0 N–H and O–H groups in total. The van der Waals surface area contributed by atoms with Gasteiger partial charge in [0.25, 0.3) is 0 Å². The number of hydrogen-bond acceptors (Lipinski definition) is 4. The summed E-state index contributed by atoms with van der Waals surface area (Å²) in [4.78, 5) is 22.5. The quantitative estimate of drug-likeness (QED) is 0.614. The van der Waals surface area contributed by atoms with E-state index in [1.54, 1.807) is 24.3 Å². The van der Waals surface area contributed by atoms with Gasteiger partial charge in [0.2, 0.25) is 0 Å². The number of hydrogen-bond donors (Lipinski definition) is 0. The Morgan fingerprint density at radius 3 is 2.42 bits per heavy atom. The van der Waals surface area contributed by atoms with E-state index < -0.39 is 0 Å². The summed E-state index contributed by atoms with van der Waals surface area (Å²) in [5, 5.41) is 1.80. The van der Waals surface area contributed by atoms with Crippen LogP contribution < -0.4 is 4.74 Å². The fourth-order valence-corrected chi connectivity index (χ4v) is 1.90. The summed E-state index contributed by atoms with van der Waals surface area (Å²) in [7, 11) is 1.35. The van der Waals surface area contributed by atoms with Crippen molar-refractivity contribution in [3.8, 4) is 5.75 Å². The maximum absolute atomic E-state index is 11.5. The number of benzene rings is 2. The monoisotopic (exact) mass is 258 g/mol. The molecule has 2 aromatic rings. The summed E-state index contributed by atoms with van der Waals surface area (Å²) in [6.45, 7) is 3.21. The van der Waals surface area contributed by atoms with E-state index in [-0.39, 0.29) is 11.9 Å². The molecule has 0 spiro atoms. The summed E-state index contributed by atoms with van der Waals surface area (Å²) in [6, 6.07) is 8.90. The van der Waals surface area contributed by atoms with Gasteiger partial charge >= 0.3 is 11.9 Å². The molecule has 98 valence electrons. The first-order chi connectivity index (χ1) is 9.01. The Morgan fingerprint density at radius 1 is 1.05 bits per heavy atom. The average molecular weight is 258 g/mol. The summed E-state index contributed by atoms with van der Waals surface area (Å²) >= 11 is 0. The lowest BCUT2D eigenvalue weighted by molar-refractivity contribution is -0.131. The highest BCUT2D eigenvalue weighted by Crippen LogP contribution is 2.26. The van der Waals surface area contributed by atoms with Gasteiger partial charge in [-0.3, -0.25) is 4.79 Å². The number of ether oxygens (including phenoxy) is 2. The summed E-state index contributed by atoms with van der Waals surface area (Å²) in [5.74, 6) is -0.192. The molecule has 0 bridgehead atoms. The molecule has 0 heterocycles. The van der Waals surface area contributed by atoms with Crippen molar-refractivity contribution in [1.82, 2.24) is 0 Å². The third kappa shape index (κ3) is 2.73. The molecular weight excluding hydrogens is 244 g/mol. The molecule has 0 fully saturated rings.